The molecule has 1 aromatic carbocycles. The molecule has 0 bridgehead atoms. The Morgan fingerprint density at radius 1 is 1.36 bits per heavy atom. The van der Waals surface area contributed by atoms with E-state index in [2.05, 4.69) is 19.2 Å². The van der Waals surface area contributed by atoms with Gasteiger partial charge in [0, 0.05) is 12.1 Å². The van der Waals surface area contributed by atoms with Crippen LogP contribution in [0, 0.1) is 5.41 Å². The van der Waals surface area contributed by atoms with Gasteiger partial charge in [-0.1, -0.05) is 19.9 Å². The van der Waals surface area contributed by atoms with Crippen molar-refractivity contribution in [3.8, 4) is 11.5 Å². The molecule has 22 heavy (non-hydrogen) atoms. The summed E-state index contributed by atoms with van der Waals surface area (Å²) >= 11 is 0. The molecule has 1 aliphatic carbocycles. The monoisotopic (exact) mass is 303 g/mol. The first-order chi connectivity index (χ1) is 10.4. The minimum atomic E-state index is -0.0725. The standard InChI is InChI=1S/C18H25NO3/c1-18(2)10-8-14(9-11-18)19-17(21)7-5-13-4-6-15(20)16(12-13)22-3/h4-7,12,14,20H,8-11H2,1-3H3,(H,19,21)/b7-5+. The molecular formula is C18H25NO3. The molecule has 1 saturated carbocycles. The molecule has 4 nitrogen and oxygen atoms in total. The van der Waals surface area contributed by atoms with E-state index in [1.54, 1.807) is 24.3 Å². The smallest absolute Gasteiger partial charge is 0.244 e. The lowest BCUT2D eigenvalue weighted by molar-refractivity contribution is -0.117. The molecule has 1 fully saturated rings. The van der Waals surface area contributed by atoms with Crippen LogP contribution in [0.15, 0.2) is 24.3 Å². The van der Waals surface area contributed by atoms with Crippen LogP contribution >= 0.6 is 0 Å². The van der Waals surface area contributed by atoms with Crippen LogP contribution in [0.4, 0.5) is 0 Å². The van der Waals surface area contributed by atoms with E-state index in [1.807, 2.05) is 0 Å². The maximum absolute atomic E-state index is 12.0. The highest BCUT2D eigenvalue weighted by Gasteiger charge is 2.27. The lowest BCUT2D eigenvalue weighted by Gasteiger charge is -2.34. The van der Waals surface area contributed by atoms with Gasteiger partial charge in [-0.25, -0.2) is 0 Å². The number of phenolic OH excluding ortho intramolecular Hbond substituents is 1. The number of aromatic hydroxyl groups is 1. The van der Waals surface area contributed by atoms with Crippen molar-refractivity contribution in [3.05, 3.63) is 29.8 Å². The van der Waals surface area contributed by atoms with Crippen molar-refractivity contribution in [2.24, 2.45) is 5.41 Å². The SMILES string of the molecule is COc1cc(/C=C/C(=O)NC2CCC(C)(C)CC2)ccc1O. The van der Waals surface area contributed by atoms with Crippen LogP contribution in [-0.2, 0) is 4.79 Å². The number of nitrogens with one attached hydrogen (secondary N) is 1. The quantitative estimate of drug-likeness (QED) is 0.837. The predicted octanol–water partition coefficient (Wildman–Crippen LogP) is 3.50. The topological polar surface area (TPSA) is 58.6 Å². The third-order valence-electron chi connectivity index (χ3n) is 4.32. The Kier molecular flexibility index (Phi) is 5.11. The zero-order valence-corrected chi connectivity index (χ0v) is 13.6. The van der Waals surface area contributed by atoms with Crippen LogP contribution in [0.2, 0.25) is 0 Å². The molecule has 0 atom stereocenters. The van der Waals surface area contributed by atoms with Crippen LogP contribution < -0.4 is 10.1 Å². The van der Waals surface area contributed by atoms with Gasteiger partial charge in [0.1, 0.15) is 0 Å². The number of amides is 1. The fourth-order valence-electron chi connectivity index (χ4n) is 2.76. The summed E-state index contributed by atoms with van der Waals surface area (Å²) in [6.07, 6.45) is 7.64. The van der Waals surface area contributed by atoms with Crippen molar-refractivity contribution in [1.82, 2.24) is 5.32 Å². The van der Waals surface area contributed by atoms with E-state index in [1.165, 1.54) is 13.2 Å². The highest BCUT2D eigenvalue weighted by Crippen LogP contribution is 2.35. The summed E-state index contributed by atoms with van der Waals surface area (Å²) < 4.78 is 5.05. The van der Waals surface area contributed by atoms with E-state index in [9.17, 15) is 9.90 Å². The second kappa shape index (κ2) is 6.86. The van der Waals surface area contributed by atoms with Gasteiger partial charge in [0.2, 0.25) is 5.91 Å². The Morgan fingerprint density at radius 3 is 2.68 bits per heavy atom. The minimum absolute atomic E-state index is 0.0725. The van der Waals surface area contributed by atoms with E-state index < -0.39 is 0 Å². The lowest BCUT2D eigenvalue weighted by atomic mass is 9.75. The van der Waals surface area contributed by atoms with E-state index >= 15 is 0 Å². The molecule has 0 radical (unpaired) electrons. The molecule has 0 unspecified atom stereocenters. The normalized spacial score (nSPS) is 18.3. The molecule has 1 aliphatic rings. The highest BCUT2D eigenvalue weighted by atomic mass is 16.5. The molecule has 1 amide bonds. The molecule has 1 aromatic rings. The zero-order chi connectivity index (χ0) is 16.2. The molecule has 4 heteroatoms. The van der Waals surface area contributed by atoms with E-state index in [0.29, 0.717) is 11.2 Å². The third-order valence-corrected chi connectivity index (χ3v) is 4.32. The Bertz CT molecular complexity index is 553. The Labute approximate surface area is 132 Å². The van der Waals surface area contributed by atoms with Crippen LogP contribution in [0.3, 0.4) is 0 Å². The van der Waals surface area contributed by atoms with E-state index in [0.717, 1.165) is 31.2 Å². The molecule has 0 aromatic heterocycles. The summed E-state index contributed by atoms with van der Waals surface area (Å²) in [5.41, 5.74) is 1.22. The molecule has 0 aliphatic heterocycles. The molecule has 0 spiro atoms. The van der Waals surface area contributed by atoms with Gasteiger partial charge < -0.3 is 15.2 Å². The van der Waals surface area contributed by atoms with E-state index in [4.69, 9.17) is 4.74 Å². The van der Waals surface area contributed by atoms with Gasteiger partial charge >= 0.3 is 0 Å². The summed E-state index contributed by atoms with van der Waals surface area (Å²) in [4.78, 5) is 12.0. The predicted molar refractivity (Wildman–Crippen MR) is 87.9 cm³/mol. The average Bonchev–Trinajstić information content (AvgIpc) is 2.48. The number of hydrogen-bond donors (Lipinski definition) is 2. The third kappa shape index (κ3) is 4.52. The Balaban J connectivity index is 1.89. The van der Waals surface area contributed by atoms with Crippen molar-refractivity contribution in [3.63, 3.8) is 0 Å². The molecule has 2 N–H and O–H groups in total. The van der Waals surface area contributed by atoms with Gasteiger partial charge in [0.05, 0.1) is 7.11 Å². The van der Waals surface area contributed by atoms with Crippen LogP contribution in [0.25, 0.3) is 6.08 Å². The minimum Gasteiger partial charge on any atom is -0.504 e. The van der Waals surface area contributed by atoms with Crippen LogP contribution in [0.1, 0.15) is 45.1 Å². The molecule has 0 heterocycles. The van der Waals surface area contributed by atoms with Gasteiger partial charge in [-0.05, 0) is 54.9 Å². The van der Waals surface area contributed by atoms with Gasteiger partial charge in [0.25, 0.3) is 0 Å². The first-order valence-electron chi connectivity index (χ1n) is 7.75. The second-order valence-corrected chi connectivity index (χ2v) is 6.71. The largest absolute Gasteiger partial charge is 0.504 e. The first-order valence-corrected chi connectivity index (χ1v) is 7.75. The molecular weight excluding hydrogens is 278 g/mol. The van der Waals surface area contributed by atoms with Gasteiger partial charge in [-0.2, -0.15) is 0 Å². The summed E-state index contributed by atoms with van der Waals surface area (Å²) in [5, 5.41) is 12.6. The number of carbonyl (C=O) groups excluding carboxylic acids is 1. The number of hydrogen-bond acceptors (Lipinski definition) is 3. The first kappa shape index (κ1) is 16.4. The van der Waals surface area contributed by atoms with Crippen molar-refractivity contribution >= 4 is 12.0 Å². The average molecular weight is 303 g/mol. The fourth-order valence-corrected chi connectivity index (χ4v) is 2.76. The fraction of sp³-hybridized carbons (Fsp3) is 0.500. The highest BCUT2D eigenvalue weighted by molar-refractivity contribution is 5.92. The van der Waals surface area contributed by atoms with Gasteiger partial charge in [0.15, 0.2) is 11.5 Å². The lowest BCUT2D eigenvalue weighted by Crippen LogP contribution is -2.38. The molecule has 120 valence electrons. The summed E-state index contributed by atoms with van der Waals surface area (Å²) in [7, 11) is 1.50. The maximum atomic E-state index is 12.0. The van der Waals surface area contributed by atoms with Crippen LogP contribution in [0.5, 0.6) is 11.5 Å². The second-order valence-electron chi connectivity index (χ2n) is 6.71. The number of rotatable bonds is 4. The van der Waals surface area contributed by atoms with Crippen molar-refractivity contribution in [2.45, 2.75) is 45.6 Å². The van der Waals surface area contributed by atoms with E-state index in [-0.39, 0.29) is 17.7 Å². The van der Waals surface area contributed by atoms with Gasteiger partial charge in [-0.3, -0.25) is 4.79 Å². The summed E-state index contributed by atoms with van der Waals surface area (Å²) in [5.74, 6) is 0.419. The molecule has 0 saturated heterocycles. The maximum Gasteiger partial charge on any atom is 0.244 e. The number of ether oxygens (including phenoxy) is 1. The number of carbonyl (C=O) groups is 1. The van der Waals surface area contributed by atoms with Crippen LogP contribution in [-0.4, -0.2) is 24.2 Å². The Hall–Kier alpha value is -1.97. The Morgan fingerprint density at radius 2 is 2.05 bits per heavy atom. The van der Waals surface area contributed by atoms with Crippen molar-refractivity contribution in [1.29, 1.82) is 0 Å². The summed E-state index contributed by atoms with van der Waals surface area (Å²) in [6.45, 7) is 4.56. The van der Waals surface area contributed by atoms with Crippen molar-refractivity contribution in [2.75, 3.05) is 7.11 Å². The molecule has 2 rings (SSSR count). The number of benzene rings is 1. The van der Waals surface area contributed by atoms with Crippen molar-refractivity contribution < 1.29 is 14.6 Å². The van der Waals surface area contributed by atoms with Gasteiger partial charge in [-0.15, -0.1) is 0 Å². The number of phenols is 1. The number of methoxy groups -OCH3 is 1. The summed E-state index contributed by atoms with van der Waals surface area (Å²) in [6, 6.07) is 5.27. The zero-order valence-electron chi connectivity index (χ0n) is 13.6.